The average molecular weight is 265 g/mol. The minimum atomic E-state index is 0.324. The molecule has 0 spiro atoms. The van der Waals surface area contributed by atoms with Crippen molar-refractivity contribution >= 4 is 11.0 Å². The molecule has 3 aromatic rings. The van der Waals surface area contributed by atoms with Crippen molar-refractivity contribution in [2.24, 2.45) is 0 Å². The lowest BCUT2D eigenvalue weighted by Crippen LogP contribution is -2.18. The van der Waals surface area contributed by atoms with Gasteiger partial charge >= 0.3 is 0 Å². The highest BCUT2D eigenvalue weighted by Crippen LogP contribution is 2.22. The molecule has 2 nitrogen and oxygen atoms in total. The molecule has 0 saturated heterocycles. The summed E-state index contributed by atoms with van der Waals surface area (Å²) in [5, 5.41) is 4.77. The maximum atomic E-state index is 5.57. The summed E-state index contributed by atoms with van der Waals surface area (Å²) in [7, 11) is 0. The van der Waals surface area contributed by atoms with Crippen LogP contribution in [0.25, 0.3) is 11.0 Å². The summed E-state index contributed by atoms with van der Waals surface area (Å²) in [6, 6.07) is 17.0. The third kappa shape index (κ3) is 2.47. The van der Waals surface area contributed by atoms with Crippen LogP contribution in [0.4, 0.5) is 0 Å². The number of nitrogens with one attached hydrogen (secondary N) is 1. The van der Waals surface area contributed by atoms with Crippen molar-refractivity contribution < 1.29 is 4.42 Å². The van der Waals surface area contributed by atoms with Gasteiger partial charge in [-0.1, -0.05) is 42.5 Å². The maximum Gasteiger partial charge on any atom is 0.134 e. The third-order valence-corrected chi connectivity index (χ3v) is 3.81. The number of para-hydroxylation sites is 1. The van der Waals surface area contributed by atoms with Gasteiger partial charge in [-0.2, -0.15) is 0 Å². The average Bonchev–Trinajstić information content (AvgIpc) is 2.88. The van der Waals surface area contributed by atoms with Crippen LogP contribution >= 0.6 is 0 Å². The topological polar surface area (TPSA) is 25.2 Å². The molecule has 0 aliphatic rings. The Kier molecular flexibility index (Phi) is 3.57. The Hall–Kier alpha value is -2.06. The van der Waals surface area contributed by atoms with E-state index in [2.05, 4.69) is 49.5 Å². The van der Waals surface area contributed by atoms with Crippen LogP contribution in [0.3, 0.4) is 0 Å². The monoisotopic (exact) mass is 265 g/mol. The molecule has 1 N–H and O–H groups in total. The van der Waals surface area contributed by atoms with E-state index in [4.69, 9.17) is 4.42 Å². The van der Waals surface area contributed by atoms with Crippen molar-refractivity contribution in [2.45, 2.75) is 26.4 Å². The van der Waals surface area contributed by atoms with Gasteiger partial charge in [0.25, 0.3) is 0 Å². The second kappa shape index (κ2) is 5.51. The molecule has 2 heteroatoms. The zero-order valence-corrected chi connectivity index (χ0v) is 11.9. The van der Waals surface area contributed by atoms with Crippen molar-refractivity contribution in [3.8, 4) is 0 Å². The Morgan fingerprint density at radius 3 is 2.65 bits per heavy atom. The number of fused-ring (bicyclic) bond motifs is 1. The van der Waals surface area contributed by atoms with E-state index < -0.39 is 0 Å². The molecule has 1 atom stereocenters. The second-order valence-electron chi connectivity index (χ2n) is 5.22. The highest BCUT2D eigenvalue weighted by molar-refractivity contribution is 5.80. The summed E-state index contributed by atoms with van der Waals surface area (Å²) < 4.78 is 5.57. The number of furan rings is 1. The summed E-state index contributed by atoms with van der Waals surface area (Å²) >= 11 is 0. The van der Waals surface area contributed by atoms with Gasteiger partial charge in [0.1, 0.15) is 5.58 Å². The van der Waals surface area contributed by atoms with Crippen molar-refractivity contribution in [1.82, 2.24) is 5.32 Å². The minimum Gasteiger partial charge on any atom is -0.464 e. The van der Waals surface area contributed by atoms with Crippen molar-refractivity contribution in [3.05, 3.63) is 71.5 Å². The Morgan fingerprint density at radius 2 is 1.80 bits per heavy atom. The van der Waals surface area contributed by atoms with Crippen LogP contribution in [0.2, 0.25) is 0 Å². The Bertz CT molecular complexity index is 714. The van der Waals surface area contributed by atoms with Crippen molar-refractivity contribution in [1.29, 1.82) is 0 Å². The Morgan fingerprint density at radius 1 is 1.05 bits per heavy atom. The number of benzene rings is 2. The minimum absolute atomic E-state index is 0.324. The van der Waals surface area contributed by atoms with E-state index in [0.717, 1.165) is 12.1 Å². The molecular weight excluding hydrogens is 246 g/mol. The fourth-order valence-electron chi connectivity index (χ4n) is 2.62. The molecule has 0 aliphatic heterocycles. The lowest BCUT2D eigenvalue weighted by atomic mass is 10.0. The molecule has 0 amide bonds. The molecule has 0 radical (unpaired) electrons. The fourth-order valence-corrected chi connectivity index (χ4v) is 2.62. The molecule has 0 bridgehead atoms. The maximum absolute atomic E-state index is 5.57. The third-order valence-electron chi connectivity index (χ3n) is 3.81. The number of hydrogen-bond acceptors (Lipinski definition) is 2. The number of rotatable bonds is 4. The van der Waals surface area contributed by atoms with E-state index in [-0.39, 0.29) is 0 Å². The first kappa shape index (κ1) is 12.9. The predicted molar refractivity (Wildman–Crippen MR) is 82.6 cm³/mol. The lowest BCUT2D eigenvalue weighted by molar-refractivity contribution is 0.560. The van der Waals surface area contributed by atoms with Crippen LogP contribution in [0.5, 0.6) is 0 Å². The van der Waals surface area contributed by atoms with E-state index in [1.165, 1.54) is 22.1 Å². The molecule has 3 rings (SSSR count). The van der Waals surface area contributed by atoms with E-state index in [9.17, 15) is 0 Å². The molecular formula is C18H19NO. The first-order valence-electron chi connectivity index (χ1n) is 7.00. The molecule has 0 saturated carbocycles. The highest BCUT2D eigenvalue weighted by Gasteiger charge is 2.09. The summed E-state index contributed by atoms with van der Waals surface area (Å²) in [5.74, 6) is 0. The summed E-state index contributed by atoms with van der Waals surface area (Å²) in [6.45, 7) is 5.16. The predicted octanol–water partition coefficient (Wildman–Crippen LogP) is 4.59. The SMILES string of the molecule is Cc1ccccc1[C@@H](C)NCc1coc2ccccc12. The van der Waals surface area contributed by atoms with E-state index in [1.54, 1.807) is 0 Å². The Balaban J connectivity index is 1.75. The van der Waals surface area contributed by atoms with E-state index in [1.807, 2.05) is 24.5 Å². The fraction of sp³-hybridized carbons (Fsp3) is 0.222. The smallest absolute Gasteiger partial charge is 0.134 e. The van der Waals surface area contributed by atoms with Gasteiger partial charge in [-0.05, 0) is 31.0 Å². The van der Waals surface area contributed by atoms with Crippen molar-refractivity contribution in [3.63, 3.8) is 0 Å². The van der Waals surface area contributed by atoms with Gasteiger partial charge in [-0.3, -0.25) is 0 Å². The molecule has 0 fully saturated rings. The highest BCUT2D eigenvalue weighted by atomic mass is 16.3. The number of aryl methyl sites for hydroxylation is 1. The van der Waals surface area contributed by atoms with Gasteiger partial charge < -0.3 is 9.73 Å². The molecule has 20 heavy (non-hydrogen) atoms. The zero-order valence-electron chi connectivity index (χ0n) is 11.9. The normalized spacial score (nSPS) is 12.7. The summed E-state index contributed by atoms with van der Waals surface area (Å²) in [6.07, 6.45) is 1.85. The molecule has 1 heterocycles. The van der Waals surface area contributed by atoms with Gasteiger partial charge in [0, 0.05) is 23.5 Å². The van der Waals surface area contributed by atoms with Crippen molar-refractivity contribution in [2.75, 3.05) is 0 Å². The first-order valence-corrected chi connectivity index (χ1v) is 7.00. The van der Waals surface area contributed by atoms with Crippen LogP contribution in [0.15, 0.2) is 59.2 Å². The standard InChI is InChI=1S/C18H19NO/c1-13-7-3-4-8-16(13)14(2)19-11-15-12-20-18-10-6-5-9-17(15)18/h3-10,12,14,19H,11H2,1-2H3/t14-/m1/s1. The van der Waals surface area contributed by atoms with Gasteiger partial charge in [-0.25, -0.2) is 0 Å². The van der Waals surface area contributed by atoms with E-state index in [0.29, 0.717) is 6.04 Å². The van der Waals surface area contributed by atoms with Gasteiger partial charge in [0.15, 0.2) is 0 Å². The molecule has 0 unspecified atom stereocenters. The quantitative estimate of drug-likeness (QED) is 0.746. The summed E-state index contributed by atoms with van der Waals surface area (Å²) in [5.41, 5.74) is 4.83. The molecule has 2 aromatic carbocycles. The summed E-state index contributed by atoms with van der Waals surface area (Å²) in [4.78, 5) is 0. The zero-order chi connectivity index (χ0) is 13.9. The molecule has 0 aliphatic carbocycles. The molecule has 102 valence electrons. The second-order valence-corrected chi connectivity index (χ2v) is 5.22. The molecule has 1 aromatic heterocycles. The van der Waals surface area contributed by atoms with Crippen LogP contribution in [0.1, 0.15) is 29.7 Å². The largest absolute Gasteiger partial charge is 0.464 e. The van der Waals surface area contributed by atoms with Crippen LogP contribution < -0.4 is 5.32 Å². The van der Waals surface area contributed by atoms with Gasteiger partial charge in [0.05, 0.1) is 6.26 Å². The lowest BCUT2D eigenvalue weighted by Gasteiger charge is -2.16. The van der Waals surface area contributed by atoms with Gasteiger partial charge in [0.2, 0.25) is 0 Å². The van der Waals surface area contributed by atoms with Crippen LogP contribution in [-0.4, -0.2) is 0 Å². The van der Waals surface area contributed by atoms with Gasteiger partial charge in [-0.15, -0.1) is 0 Å². The van der Waals surface area contributed by atoms with Crippen LogP contribution in [0, 0.1) is 6.92 Å². The first-order chi connectivity index (χ1) is 9.75. The number of hydrogen-bond donors (Lipinski definition) is 1. The van der Waals surface area contributed by atoms with E-state index >= 15 is 0 Å². The Labute approximate surface area is 119 Å². The van der Waals surface area contributed by atoms with Crippen LogP contribution in [-0.2, 0) is 6.54 Å².